The smallest absolute Gasteiger partial charge is 0.239 e. The minimum Gasteiger partial charge on any atom is -0.368 e. The summed E-state index contributed by atoms with van der Waals surface area (Å²) in [7, 11) is 0. The molecule has 0 aliphatic rings. The van der Waals surface area contributed by atoms with E-state index in [1.54, 1.807) is 0 Å². The highest BCUT2D eigenvalue weighted by Crippen LogP contribution is 2.35. The van der Waals surface area contributed by atoms with Gasteiger partial charge in [0.1, 0.15) is 6.04 Å². The van der Waals surface area contributed by atoms with Crippen molar-refractivity contribution in [2.45, 2.75) is 13.0 Å². The molecule has 78 valence electrons. The Morgan fingerprint density at radius 2 is 2.36 bits per heavy atom. The molecule has 14 heavy (non-hydrogen) atoms. The molecule has 0 spiro atoms. The molecule has 0 aliphatic heterocycles. The van der Waals surface area contributed by atoms with Crippen molar-refractivity contribution in [1.29, 1.82) is 0 Å². The third-order valence-corrected chi connectivity index (χ3v) is 4.96. The summed E-state index contributed by atoms with van der Waals surface area (Å²) >= 11 is 8.24. The maximum atomic E-state index is 11.1. The molecule has 1 amide bonds. The Bertz CT molecular complexity index is 321. The molecule has 1 aromatic heterocycles. The molecule has 1 rings (SSSR count). The Morgan fingerprint density at radius 3 is 2.71 bits per heavy atom. The minimum atomic E-state index is -0.396. The monoisotopic (exact) mass is 340 g/mol. The molecule has 3 N–H and O–H groups in total. The predicted molar refractivity (Wildman–Crippen MR) is 65.3 cm³/mol. The number of halogens is 2. The van der Waals surface area contributed by atoms with Crippen LogP contribution in [0.5, 0.6) is 0 Å². The molecule has 6 heteroatoms. The van der Waals surface area contributed by atoms with Crippen LogP contribution in [-0.4, -0.2) is 12.5 Å². The van der Waals surface area contributed by atoms with E-state index in [9.17, 15) is 4.79 Å². The summed E-state index contributed by atoms with van der Waals surface area (Å²) in [6, 6.07) is 1.50. The highest BCUT2D eigenvalue weighted by Gasteiger charge is 2.19. The topological polar surface area (TPSA) is 55.1 Å². The van der Waals surface area contributed by atoms with Crippen molar-refractivity contribution < 1.29 is 4.79 Å². The van der Waals surface area contributed by atoms with Gasteiger partial charge >= 0.3 is 0 Å². The number of hydrogen-bond donors (Lipinski definition) is 2. The summed E-state index contributed by atoms with van der Waals surface area (Å²) in [6.45, 7) is 2.65. The largest absolute Gasteiger partial charge is 0.368 e. The number of thiophene rings is 1. The van der Waals surface area contributed by atoms with Crippen LogP contribution in [0.25, 0.3) is 0 Å². The third-order valence-electron chi connectivity index (χ3n) is 1.64. The van der Waals surface area contributed by atoms with Crippen molar-refractivity contribution in [3.63, 3.8) is 0 Å². The summed E-state index contributed by atoms with van der Waals surface area (Å²) < 4.78 is 1.92. The van der Waals surface area contributed by atoms with E-state index < -0.39 is 6.04 Å². The lowest BCUT2D eigenvalue weighted by Gasteiger charge is -2.11. The van der Waals surface area contributed by atoms with Gasteiger partial charge in [0.2, 0.25) is 5.91 Å². The summed E-state index contributed by atoms with van der Waals surface area (Å²) in [5, 5.41) is 3.03. The lowest BCUT2D eigenvalue weighted by Crippen LogP contribution is -2.32. The number of carbonyl (C=O) groups excluding carboxylic acids is 1. The van der Waals surface area contributed by atoms with Gasteiger partial charge in [0.25, 0.3) is 0 Å². The first kappa shape index (κ1) is 12.2. The molecular formula is C8H10Br2N2OS. The van der Waals surface area contributed by atoms with Crippen LogP contribution in [0.2, 0.25) is 0 Å². The van der Waals surface area contributed by atoms with E-state index in [0.717, 1.165) is 13.1 Å². The fourth-order valence-electron chi connectivity index (χ4n) is 1.05. The average Bonchev–Trinajstić information content (AvgIpc) is 2.42. The van der Waals surface area contributed by atoms with Crippen molar-refractivity contribution in [2.75, 3.05) is 6.54 Å². The molecule has 0 saturated carbocycles. The number of carbonyl (C=O) groups is 1. The van der Waals surface area contributed by atoms with Crippen LogP contribution in [0.3, 0.4) is 0 Å². The Kier molecular flexibility index (Phi) is 4.56. The quantitative estimate of drug-likeness (QED) is 0.883. The van der Waals surface area contributed by atoms with Gasteiger partial charge in [0, 0.05) is 9.35 Å². The van der Waals surface area contributed by atoms with E-state index in [4.69, 9.17) is 5.73 Å². The first-order chi connectivity index (χ1) is 6.56. The maximum Gasteiger partial charge on any atom is 0.239 e. The standard InChI is InChI=1S/C8H10Br2N2OS/c1-2-12-6(8(11)13)5-3-4(9)7(10)14-5/h3,6,12H,2H2,1H3,(H2,11,13). The van der Waals surface area contributed by atoms with Crippen LogP contribution in [0, 0.1) is 0 Å². The van der Waals surface area contributed by atoms with E-state index >= 15 is 0 Å². The second kappa shape index (κ2) is 5.25. The van der Waals surface area contributed by atoms with Crippen LogP contribution >= 0.6 is 43.2 Å². The Labute approximate surface area is 103 Å². The molecule has 1 atom stereocenters. The minimum absolute atomic E-state index is 0.354. The van der Waals surface area contributed by atoms with Gasteiger partial charge in [-0.2, -0.15) is 0 Å². The number of amides is 1. The van der Waals surface area contributed by atoms with Gasteiger partial charge in [-0.05, 0) is 44.5 Å². The fraction of sp³-hybridized carbons (Fsp3) is 0.375. The van der Waals surface area contributed by atoms with Crippen LogP contribution in [-0.2, 0) is 4.79 Å². The lowest BCUT2D eigenvalue weighted by atomic mass is 10.2. The summed E-state index contributed by atoms with van der Waals surface area (Å²) in [5.41, 5.74) is 5.29. The fourth-order valence-corrected chi connectivity index (χ4v) is 3.22. The number of likely N-dealkylation sites (N-methyl/N-ethyl adjacent to an activating group) is 1. The molecule has 3 nitrogen and oxygen atoms in total. The summed E-state index contributed by atoms with van der Waals surface area (Å²) in [6.07, 6.45) is 0. The average molecular weight is 342 g/mol. The van der Waals surface area contributed by atoms with Crippen molar-refractivity contribution in [1.82, 2.24) is 5.32 Å². The van der Waals surface area contributed by atoms with Crippen molar-refractivity contribution in [2.24, 2.45) is 5.73 Å². The summed E-state index contributed by atoms with van der Waals surface area (Å²) in [4.78, 5) is 12.1. The Morgan fingerprint density at radius 1 is 1.71 bits per heavy atom. The van der Waals surface area contributed by atoms with E-state index in [2.05, 4.69) is 37.2 Å². The van der Waals surface area contributed by atoms with Crippen molar-refractivity contribution in [3.05, 3.63) is 19.2 Å². The normalized spacial score (nSPS) is 12.8. The number of nitrogens with one attached hydrogen (secondary N) is 1. The Hall–Kier alpha value is 0.0900. The molecule has 1 aromatic rings. The SMILES string of the molecule is CCNC(C(N)=O)c1cc(Br)c(Br)s1. The zero-order valence-corrected chi connectivity index (χ0v) is 11.5. The molecule has 1 unspecified atom stereocenters. The predicted octanol–water partition coefficient (Wildman–Crippen LogP) is 2.41. The van der Waals surface area contributed by atoms with E-state index in [1.165, 1.54) is 11.3 Å². The molecule has 0 aromatic carbocycles. The highest BCUT2D eigenvalue weighted by molar-refractivity contribution is 9.13. The molecule has 0 radical (unpaired) electrons. The van der Waals surface area contributed by atoms with Gasteiger partial charge in [-0.3, -0.25) is 4.79 Å². The lowest BCUT2D eigenvalue weighted by molar-refractivity contribution is -0.120. The van der Waals surface area contributed by atoms with E-state index in [-0.39, 0.29) is 5.91 Å². The third kappa shape index (κ3) is 2.79. The Balaban J connectivity index is 2.93. The van der Waals surface area contributed by atoms with Crippen LogP contribution in [0.15, 0.2) is 14.3 Å². The van der Waals surface area contributed by atoms with Crippen molar-refractivity contribution in [3.8, 4) is 0 Å². The van der Waals surface area contributed by atoms with Gasteiger partial charge in [0.05, 0.1) is 3.79 Å². The number of rotatable bonds is 4. The number of nitrogens with two attached hydrogens (primary N) is 1. The van der Waals surface area contributed by atoms with Gasteiger partial charge in [-0.1, -0.05) is 6.92 Å². The first-order valence-electron chi connectivity index (χ1n) is 4.03. The van der Waals surface area contributed by atoms with Crippen LogP contribution in [0.1, 0.15) is 17.8 Å². The van der Waals surface area contributed by atoms with Gasteiger partial charge in [0.15, 0.2) is 0 Å². The molecular weight excluding hydrogens is 332 g/mol. The van der Waals surface area contributed by atoms with E-state index in [1.807, 2.05) is 13.0 Å². The first-order valence-corrected chi connectivity index (χ1v) is 6.44. The molecule has 1 heterocycles. The zero-order chi connectivity index (χ0) is 10.7. The van der Waals surface area contributed by atoms with Gasteiger partial charge in [-0.15, -0.1) is 11.3 Å². The molecule has 0 bridgehead atoms. The van der Waals surface area contributed by atoms with Crippen LogP contribution < -0.4 is 11.1 Å². The second-order valence-corrected chi connectivity index (χ2v) is 5.92. The number of primary amides is 1. The molecule has 0 saturated heterocycles. The second-order valence-electron chi connectivity index (χ2n) is 2.66. The molecule has 0 aliphatic carbocycles. The highest BCUT2D eigenvalue weighted by atomic mass is 79.9. The van der Waals surface area contributed by atoms with Crippen molar-refractivity contribution >= 4 is 49.1 Å². The maximum absolute atomic E-state index is 11.1. The van der Waals surface area contributed by atoms with Gasteiger partial charge in [-0.25, -0.2) is 0 Å². The molecule has 0 fully saturated rings. The summed E-state index contributed by atoms with van der Waals surface area (Å²) in [5.74, 6) is -0.354. The van der Waals surface area contributed by atoms with Crippen LogP contribution in [0.4, 0.5) is 0 Å². The zero-order valence-electron chi connectivity index (χ0n) is 7.51. The van der Waals surface area contributed by atoms with Gasteiger partial charge < -0.3 is 11.1 Å². The van der Waals surface area contributed by atoms with E-state index in [0.29, 0.717) is 6.54 Å². The number of hydrogen-bond acceptors (Lipinski definition) is 3.